The highest BCUT2D eigenvalue weighted by Gasteiger charge is 2.38. The zero-order valence-electron chi connectivity index (χ0n) is 22.9. The van der Waals surface area contributed by atoms with Crippen LogP contribution >= 0.6 is 0 Å². The summed E-state index contributed by atoms with van der Waals surface area (Å²) in [5.74, 6) is -0.961. The van der Waals surface area contributed by atoms with E-state index in [-0.39, 0.29) is 10.8 Å². The van der Waals surface area contributed by atoms with Crippen LogP contribution in [0.3, 0.4) is 0 Å². The van der Waals surface area contributed by atoms with Crippen LogP contribution in [0.15, 0.2) is 30.5 Å². The van der Waals surface area contributed by atoms with E-state index in [4.69, 9.17) is 9.47 Å². The molecule has 8 heteroatoms. The Labute approximate surface area is 213 Å². The normalized spacial score (nSPS) is 16.9. The molecule has 1 unspecified atom stereocenters. The van der Waals surface area contributed by atoms with Crippen LogP contribution in [0.25, 0.3) is 0 Å². The number of nitrogens with zero attached hydrogens (tertiary/aromatic N) is 1. The molecule has 2 aromatic rings. The van der Waals surface area contributed by atoms with E-state index in [2.05, 4.69) is 44.4 Å². The topological polar surface area (TPSA) is 98.7 Å². The maximum atomic E-state index is 13.5. The molecular weight excluding hydrogens is 458 g/mol. The molecule has 0 saturated carbocycles. The second kappa shape index (κ2) is 9.64. The van der Waals surface area contributed by atoms with E-state index >= 15 is 0 Å². The Kier molecular flexibility index (Phi) is 7.31. The van der Waals surface area contributed by atoms with Gasteiger partial charge >= 0.3 is 12.1 Å². The first kappa shape index (κ1) is 27.3. The molecular formula is C28H39N3O5. The van der Waals surface area contributed by atoms with Crippen molar-refractivity contribution in [2.75, 3.05) is 12.4 Å². The van der Waals surface area contributed by atoms with Gasteiger partial charge in [0, 0.05) is 13.2 Å². The zero-order valence-corrected chi connectivity index (χ0v) is 22.9. The molecule has 196 valence electrons. The van der Waals surface area contributed by atoms with Crippen LogP contribution in [0.1, 0.15) is 94.5 Å². The fourth-order valence-corrected chi connectivity index (χ4v) is 4.67. The number of amides is 2. The molecule has 1 atom stereocenters. The lowest BCUT2D eigenvalue weighted by atomic mass is 9.63. The predicted molar refractivity (Wildman–Crippen MR) is 139 cm³/mol. The number of ether oxygens (including phenoxy) is 2. The minimum Gasteiger partial charge on any atom is -0.464 e. The molecule has 1 aliphatic carbocycles. The Hall–Kier alpha value is -3.29. The standard InChI is InChI=1S/C28H39N3O5/c1-26(2,3)36-25(34)30-22(23(32)29-18-15-21(24(33)35-9)31(8)16-18)17-10-11-19-20(14-17)28(6,7)13-12-27(19,4)5/h10-11,14-16,22H,12-13H2,1-9H3,(H,29,32)(H,30,34). The summed E-state index contributed by atoms with van der Waals surface area (Å²) in [6.45, 7) is 14.2. The van der Waals surface area contributed by atoms with Crippen molar-refractivity contribution in [2.45, 2.75) is 83.8 Å². The number of carbonyl (C=O) groups excluding carboxylic acids is 3. The number of benzene rings is 1. The van der Waals surface area contributed by atoms with Gasteiger partial charge in [-0.3, -0.25) is 4.79 Å². The summed E-state index contributed by atoms with van der Waals surface area (Å²) >= 11 is 0. The lowest BCUT2D eigenvalue weighted by molar-refractivity contribution is -0.118. The van der Waals surface area contributed by atoms with E-state index in [1.807, 2.05) is 12.1 Å². The third-order valence-electron chi connectivity index (χ3n) is 6.80. The van der Waals surface area contributed by atoms with Crippen molar-refractivity contribution in [3.05, 3.63) is 52.8 Å². The molecule has 2 N–H and O–H groups in total. The van der Waals surface area contributed by atoms with E-state index in [1.165, 1.54) is 24.3 Å². The number of esters is 1. The Bertz CT molecular complexity index is 1170. The smallest absolute Gasteiger partial charge is 0.408 e. The van der Waals surface area contributed by atoms with Gasteiger partial charge in [0.25, 0.3) is 5.91 Å². The highest BCUT2D eigenvalue weighted by atomic mass is 16.6. The largest absolute Gasteiger partial charge is 0.464 e. The quantitative estimate of drug-likeness (QED) is 0.542. The Balaban J connectivity index is 1.99. The molecule has 0 saturated heterocycles. The van der Waals surface area contributed by atoms with Gasteiger partial charge in [-0.25, -0.2) is 9.59 Å². The molecule has 0 spiro atoms. The van der Waals surface area contributed by atoms with Crippen molar-refractivity contribution in [1.82, 2.24) is 9.88 Å². The van der Waals surface area contributed by atoms with Crippen molar-refractivity contribution in [2.24, 2.45) is 7.05 Å². The Morgan fingerprint density at radius 1 is 1.00 bits per heavy atom. The maximum Gasteiger partial charge on any atom is 0.408 e. The maximum absolute atomic E-state index is 13.5. The van der Waals surface area contributed by atoms with Crippen molar-refractivity contribution in [3.8, 4) is 0 Å². The number of alkyl carbamates (subject to hydrolysis) is 1. The summed E-state index contributed by atoms with van der Waals surface area (Å²) in [7, 11) is 2.99. The van der Waals surface area contributed by atoms with Gasteiger partial charge in [0.2, 0.25) is 0 Å². The molecule has 1 aromatic carbocycles. The Morgan fingerprint density at radius 2 is 1.61 bits per heavy atom. The third-order valence-corrected chi connectivity index (χ3v) is 6.80. The van der Waals surface area contributed by atoms with Crippen LogP contribution in [0.2, 0.25) is 0 Å². The number of hydrogen-bond donors (Lipinski definition) is 2. The molecule has 8 nitrogen and oxygen atoms in total. The Morgan fingerprint density at radius 3 is 2.19 bits per heavy atom. The van der Waals surface area contributed by atoms with Gasteiger partial charge in [-0.1, -0.05) is 45.9 Å². The number of methoxy groups -OCH3 is 1. The molecule has 1 heterocycles. The molecule has 36 heavy (non-hydrogen) atoms. The molecule has 0 fully saturated rings. The third kappa shape index (κ3) is 5.91. The van der Waals surface area contributed by atoms with Gasteiger partial charge in [-0.2, -0.15) is 0 Å². The number of fused-ring (bicyclic) bond motifs is 1. The minimum atomic E-state index is -1.01. The van der Waals surface area contributed by atoms with Crippen LogP contribution < -0.4 is 10.6 Å². The molecule has 0 bridgehead atoms. The highest BCUT2D eigenvalue weighted by molar-refractivity contribution is 5.98. The summed E-state index contributed by atoms with van der Waals surface area (Å²) < 4.78 is 11.8. The molecule has 3 rings (SSSR count). The average molecular weight is 498 g/mol. The van der Waals surface area contributed by atoms with Gasteiger partial charge in [0.05, 0.1) is 12.8 Å². The van der Waals surface area contributed by atoms with Crippen LogP contribution in [-0.4, -0.2) is 35.2 Å². The summed E-state index contributed by atoms with van der Waals surface area (Å²) in [6.07, 6.45) is 3.02. The molecule has 1 aromatic heterocycles. The lowest BCUT2D eigenvalue weighted by Gasteiger charge is -2.42. The van der Waals surface area contributed by atoms with Crippen LogP contribution in [0, 0.1) is 0 Å². The summed E-state index contributed by atoms with van der Waals surface area (Å²) in [5, 5.41) is 5.58. The monoisotopic (exact) mass is 497 g/mol. The first-order valence-electron chi connectivity index (χ1n) is 12.2. The van der Waals surface area contributed by atoms with Crippen LogP contribution in [-0.2, 0) is 32.1 Å². The number of anilines is 1. The fourth-order valence-electron chi connectivity index (χ4n) is 4.67. The van der Waals surface area contributed by atoms with E-state index < -0.39 is 29.6 Å². The van der Waals surface area contributed by atoms with Gasteiger partial charge in [-0.05, 0) is 67.2 Å². The molecule has 1 aliphatic rings. The summed E-state index contributed by atoms with van der Waals surface area (Å²) in [6, 6.07) is 6.53. The molecule has 0 aliphatic heterocycles. The highest BCUT2D eigenvalue weighted by Crippen LogP contribution is 2.46. The number of aromatic nitrogens is 1. The van der Waals surface area contributed by atoms with Crippen molar-refractivity contribution in [3.63, 3.8) is 0 Å². The number of rotatable bonds is 5. The predicted octanol–water partition coefficient (Wildman–Crippen LogP) is 5.37. The van der Waals surface area contributed by atoms with Gasteiger partial charge in [-0.15, -0.1) is 0 Å². The van der Waals surface area contributed by atoms with Crippen LogP contribution in [0.5, 0.6) is 0 Å². The summed E-state index contributed by atoms with van der Waals surface area (Å²) in [5.41, 5.74) is 3.03. The van der Waals surface area contributed by atoms with Crippen molar-refractivity contribution in [1.29, 1.82) is 0 Å². The van der Waals surface area contributed by atoms with Gasteiger partial charge < -0.3 is 24.7 Å². The van der Waals surface area contributed by atoms with Crippen molar-refractivity contribution < 1.29 is 23.9 Å². The average Bonchev–Trinajstić information content (AvgIpc) is 3.13. The van der Waals surface area contributed by atoms with Crippen molar-refractivity contribution >= 4 is 23.7 Å². The fraction of sp³-hybridized carbons (Fsp3) is 0.536. The second-order valence-corrected chi connectivity index (χ2v) is 11.9. The van der Waals surface area contributed by atoms with E-state index in [0.29, 0.717) is 16.9 Å². The van der Waals surface area contributed by atoms with Crippen LogP contribution in [0.4, 0.5) is 10.5 Å². The van der Waals surface area contributed by atoms with Gasteiger partial charge in [0.1, 0.15) is 17.3 Å². The van der Waals surface area contributed by atoms with E-state index in [1.54, 1.807) is 38.6 Å². The first-order chi connectivity index (χ1) is 16.5. The number of aryl methyl sites for hydroxylation is 1. The summed E-state index contributed by atoms with van der Waals surface area (Å²) in [4.78, 5) is 38.2. The number of hydrogen-bond acceptors (Lipinski definition) is 5. The van der Waals surface area contributed by atoms with Gasteiger partial charge in [0.15, 0.2) is 0 Å². The second-order valence-electron chi connectivity index (χ2n) is 11.9. The SMILES string of the molecule is COC(=O)c1cc(NC(=O)C(NC(=O)OC(C)(C)C)c2ccc3c(c2)C(C)(C)CCC3(C)C)cn1C. The molecule has 0 radical (unpaired) electrons. The minimum absolute atomic E-state index is 0.0219. The molecule has 2 amide bonds. The lowest BCUT2D eigenvalue weighted by Crippen LogP contribution is -2.40. The van der Waals surface area contributed by atoms with E-state index in [0.717, 1.165) is 12.8 Å². The number of carbonyl (C=O) groups is 3. The number of nitrogens with one attached hydrogen (secondary N) is 2. The first-order valence-corrected chi connectivity index (χ1v) is 12.2. The zero-order chi connectivity index (χ0) is 27.1. The van der Waals surface area contributed by atoms with E-state index in [9.17, 15) is 14.4 Å².